The molecular formula is C24H29FN2O5S. The van der Waals surface area contributed by atoms with Crippen LogP contribution >= 0.6 is 0 Å². The topological polar surface area (TPSA) is 92.8 Å². The van der Waals surface area contributed by atoms with Crippen LogP contribution < -0.4 is 5.32 Å². The van der Waals surface area contributed by atoms with E-state index in [9.17, 15) is 22.4 Å². The van der Waals surface area contributed by atoms with Gasteiger partial charge in [-0.05, 0) is 43.9 Å². The van der Waals surface area contributed by atoms with Crippen LogP contribution in [0.1, 0.15) is 30.4 Å². The van der Waals surface area contributed by atoms with Crippen LogP contribution in [0.2, 0.25) is 0 Å². The molecule has 0 aromatic heterocycles. The fourth-order valence-corrected chi connectivity index (χ4v) is 5.22. The van der Waals surface area contributed by atoms with Gasteiger partial charge in [-0.15, -0.1) is 0 Å². The number of carbonyl (C=O) groups excluding carboxylic acids is 2. The van der Waals surface area contributed by atoms with Crippen LogP contribution in [-0.2, 0) is 30.8 Å². The van der Waals surface area contributed by atoms with E-state index in [0.717, 1.165) is 11.6 Å². The number of hydrogen-bond donors (Lipinski definition) is 1. The molecule has 1 heterocycles. The van der Waals surface area contributed by atoms with E-state index in [1.807, 2.05) is 31.2 Å². The Labute approximate surface area is 194 Å². The summed E-state index contributed by atoms with van der Waals surface area (Å²) in [6.07, 6.45) is 1.59. The van der Waals surface area contributed by atoms with Crippen molar-refractivity contribution in [2.24, 2.45) is 5.92 Å². The predicted molar refractivity (Wildman–Crippen MR) is 121 cm³/mol. The lowest BCUT2D eigenvalue weighted by atomic mass is 9.98. The second kappa shape index (κ2) is 11.4. The summed E-state index contributed by atoms with van der Waals surface area (Å²) in [7, 11) is -3.94. The molecule has 2 aromatic rings. The molecule has 0 bridgehead atoms. The van der Waals surface area contributed by atoms with E-state index in [1.165, 1.54) is 28.1 Å². The molecule has 33 heavy (non-hydrogen) atoms. The van der Waals surface area contributed by atoms with Gasteiger partial charge < -0.3 is 10.1 Å². The van der Waals surface area contributed by atoms with Crippen molar-refractivity contribution in [3.63, 3.8) is 0 Å². The number of ether oxygens (including phenoxy) is 1. The van der Waals surface area contributed by atoms with E-state index in [1.54, 1.807) is 0 Å². The van der Waals surface area contributed by atoms with Crippen molar-refractivity contribution in [2.75, 3.05) is 26.2 Å². The van der Waals surface area contributed by atoms with Crippen molar-refractivity contribution in [3.8, 4) is 0 Å². The number of piperidine rings is 1. The van der Waals surface area contributed by atoms with Gasteiger partial charge in [-0.2, -0.15) is 4.31 Å². The number of hydrogen-bond acceptors (Lipinski definition) is 5. The SMILES string of the molecule is Cc1ccc(CCC(=O)NCCOC(=O)C2CCN(S(=O)(=O)c3ccccc3F)CC2)cc1. The quantitative estimate of drug-likeness (QED) is 0.444. The highest BCUT2D eigenvalue weighted by Gasteiger charge is 2.33. The molecule has 0 aliphatic carbocycles. The molecule has 1 aliphatic heterocycles. The van der Waals surface area contributed by atoms with Gasteiger partial charge in [-0.1, -0.05) is 42.0 Å². The van der Waals surface area contributed by atoms with Crippen molar-refractivity contribution >= 4 is 21.9 Å². The Bertz CT molecular complexity index is 1060. The smallest absolute Gasteiger partial charge is 0.309 e. The van der Waals surface area contributed by atoms with Crippen LogP contribution in [0.4, 0.5) is 4.39 Å². The zero-order valence-electron chi connectivity index (χ0n) is 18.6. The van der Waals surface area contributed by atoms with Crippen LogP contribution in [-0.4, -0.2) is 50.8 Å². The zero-order chi connectivity index (χ0) is 23.8. The van der Waals surface area contributed by atoms with Gasteiger partial charge in [0.15, 0.2) is 0 Å². The van der Waals surface area contributed by atoms with Gasteiger partial charge >= 0.3 is 5.97 Å². The van der Waals surface area contributed by atoms with Crippen molar-refractivity contribution in [2.45, 2.75) is 37.5 Å². The molecule has 0 atom stereocenters. The van der Waals surface area contributed by atoms with Crippen molar-refractivity contribution in [3.05, 3.63) is 65.5 Å². The molecule has 1 aliphatic rings. The maximum Gasteiger partial charge on any atom is 0.309 e. The first-order valence-corrected chi connectivity index (χ1v) is 12.4. The van der Waals surface area contributed by atoms with Gasteiger partial charge in [0.1, 0.15) is 17.3 Å². The first-order valence-electron chi connectivity index (χ1n) is 11.0. The van der Waals surface area contributed by atoms with Gasteiger partial charge in [-0.3, -0.25) is 9.59 Å². The molecule has 0 radical (unpaired) electrons. The number of carbonyl (C=O) groups is 2. The van der Waals surface area contributed by atoms with E-state index in [0.29, 0.717) is 25.7 Å². The van der Waals surface area contributed by atoms with Gasteiger partial charge in [-0.25, -0.2) is 12.8 Å². The molecule has 1 amide bonds. The number of benzene rings is 2. The van der Waals surface area contributed by atoms with Gasteiger partial charge in [0, 0.05) is 19.5 Å². The second-order valence-corrected chi connectivity index (χ2v) is 10.0. The lowest BCUT2D eigenvalue weighted by Gasteiger charge is -2.30. The normalized spacial score (nSPS) is 15.2. The molecule has 0 saturated carbocycles. The van der Waals surface area contributed by atoms with E-state index >= 15 is 0 Å². The summed E-state index contributed by atoms with van der Waals surface area (Å²) in [5, 5.41) is 2.73. The molecule has 0 unspecified atom stereocenters. The summed E-state index contributed by atoms with van der Waals surface area (Å²) >= 11 is 0. The highest BCUT2D eigenvalue weighted by Crippen LogP contribution is 2.25. The minimum atomic E-state index is -3.94. The highest BCUT2D eigenvalue weighted by molar-refractivity contribution is 7.89. The molecule has 0 spiro atoms. The number of aryl methyl sites for hydroxylation is 2. The summed E-state index contributed by atoms with van der Waals surface area (Å²) < 4.78 is 45.7. The average Bonchev–Trinajstić information content (AvgIpc) is 2.81. The third-order valence-electron chi connectivity index (χ3n) is 5.67. The van der Waals surface area contributed by atoms with E-state index in [4.69, 9.17) is 4.74 Å². The summed E-state index contributed by atoms with van der Waals surface area (Å²) in [4.78, 5) is 23.9. The zero-order valence-corrected chi connectivity index (χ0v) is 19.4. The van der Waals surface area contributed by atoms with Crippen LogP contribution in [0, 0.1) is 18.7 Å². The van der Waals surface area contributed by atoms with E-state index < -0.39 is 27.7 Å². The summed E-state index contributed by atoms with van der Waals surface area (Å²) in [6.45, 7) is 2.52. The van der Waals surface area contributed by atoms with Crippen molar-refractivity contribution in [1.82, 2.24) is 9.62 Å². The van der Waals surface area contributed by atoms with Gasteiger partial charge in [0.05, 0.1) is 12.5 Å². The Balaban J connectivity index is 1.35. The molecule has 1 saturated heterocycles. The number of halogens is 1. The summed E-state index contributed by atoms with van der Waals surface area (Å²) in [5.41, 5.74) is 2.26. The predicted octanol–water partition coefficient (Wildman–Crippen LogP) is 2.83. The Morgan fingerprint density at radius 2 is 1.76 bits per heavy atom. The fraction of sp³-hybridized carbons (Fsp3) is 0.417. The third-order valence-corrected chi connectivity index (χ3v) is 7.60. The first-order chi connectivity index (χ1) is 15.8. The Morgan fingerprint density at radius 3 is 2.42 bits per heavy atom. The third kappa shape index (κ3) is 6.85. The van der Waals surface area contributed by atoms with Crippen molar-refractivity contribution < 1.29 is 27.1 Å². The number of esters is 1. The Morgan fingerprint density at radius 1 is 1.09 bits per heavy atom. The van der Waals surface area contributed by atoms with Gasteiger partial charge in [0.25, 0.3) is 0 Å². The summed E-state index contributed by atoms with van der Waals surface area (Å²) in [5.74, 6) is -1.74. The second-order valence-electron chi connectivity index (χ2n) is 8.11. The van der Waals surface area contributed by atoms with Crippen molar-refractivity contribution in [1.29, 1.82) is 0 Å². The molecule has 9 heteroatoms. The van der Waals surface area contributed by atoms with Crippen LogP contribution in [0.25, 0.3) is 0 Å². The number of nitrogens with zero attached hydrogens (tertiary/aromatic N) is 1. The largest absolute Gasteiger partial charge is 0.464 e. The van der Waals surface area contributed by atoms with E-state index in [2.05, 4.69) is 5.32 Å². The molecule has 178 valence electrons. The molecule has 3 rings (SSSR count). The summed E-state index contributed by atoms with van der Waals surface area (Å²) in [6, 6.07) is 13.3. The first kappa shape index (κ1) is 24.9. The maximum atomic E-state index is 13.9. The number of nitrogens with one attached hydrogen (secondary N) is 1. The number of amides is 1. The molecule has 7 nitrogen and oxygen atoms in total. The number of rotatable bonds is 9. The lowest BCUT2D eigenvalue weighted by Crippen LogP contribution is -2.41. The maximum absolute atomic E-state index is 13.9. The van der Waals surface area contributed by atoms with E-state index in [-0.39, 0.29) is 37.0 Å². The molecule has 2 aromatic carbocycles. The van der Waals surface area contributed by atoms with Gasteiger partial charge in [0.2, 0.25) is 15.9 Å². The Hall–Kier alpha value is -2.78. The number of sulfonamides is 1. The van der Waals surface area contributed by atoms with Crippen LogP contribution in [0.5, 0.6) is 0 Å². The average molecular weight is 477 g/mol. The molecular weight excluding hydrogens is 447 g/mol. The standard InChI is InChI=1S/C24H29FN2O5S/c1-18-6-8-19(9-7-18)10-11-23(28)26-14-17-32-24(29)20-12-15-27(16-13-20)33(30,31)22-5-3-2-4-21(22)25/h2-9,20H,10-17H2,1H3,(H,26,28). The minimum Gasteiger partial charge on any atom is -0.464 e. The molecule has 1 fully saturated rings. The Kier molecular flexibility index (Phi) is 8.57. The highest BCUT2D eigenvalue weighted by atomic mass is 32.2. The van der Waals surface area contributed by atoms with Crippen LogP contribution in [0.3, 0.4) is 0 Å². The van der Waals surface area contributed by atoms with Crippen LogP contribution in [0.15, 0.2) is 53.4 Å². The minimum absolute atomic E-state index is 0.0584. The molecule has 1 N–H and O–H groups in total. The monoisotopic (exact) mass is 476 g/mol. The lowest BCUT2D eigenvalue weighted by molar-refractivity contribution is -0.150. The fourth-order valence-electron chi connectivity index (χ4n) is 3.69.